The van der Waals surface area contributed by atoms with E-state index in [4.69, 9.17) is 16.2 Å². The molecule has 0 bridgehead atoms. The molecule has 176 valence electrons. The summed E-state index contributed by atoms with van der Waals surface area (Å²) in [5.41, 5.74) is 12.7. The van der Waals surface area contributed by atoms with Crippen LogP contribution >= 0.6 is 0 Å². The molecule has 0 heterocycles. The average Bonchev–Trinajstić information content (AvgIpc) is 2.82. The second-order valence-corrected chi connectivity index (χ2v) is 8.48. The largest absolute Gasteiger partial charge is 0.507 e. The zero-order valence-corrected chi connectivity index (χ0v) is 19.1. The molecule has 7 heteroatoms. The minimum atomic E-state index is -0.660. The highest BCUT2D eigenvalue weighted by atomic mass is 16.5. The van der Waals surface area contributed by atoms with Gasteiger partial charge >= 0.3 is 0 Å². The minimum absolute atomic E-state index is 0.0415. The van der Waals surface area contributed by atoms with Crippen molar-refractivity contribution in [2.45, 2.75) is 39.0 Å². The van der Waals surface area contributed by atoms with Crippen LogP contribution in [0.5, 0.6) is 17.2 Å². The Balaban J connectivity index is 1.64. The maximum Gasteiger partial charge on any atom is 0.200 e. The Morgan fingerprint density at radius 1 is 0.765 bits per heavy atom. The van der Waals surface area contributed by atoms with Crippen molar-refractivity contribution in [1.82, 2.24) is 0 Å². The molecule has 0 saturated heterocycles. The third-order valence-corrected chi connectivity index (χ3v) is 6.15. The van der Waals surface area contributed by atoms with Crippen molar-refractivity contribution in [1.29, 1.82) is 0 Å². The lowest BCUT2D eigenvalue weighted by Crippen LogP contribution is -2.24. The summed E-state index contributed by atoms with van der Waals surface area (Å²) in [4.78, 5) is 26.4. The van der Waals surface area contributed by atoms with Crippen LogP contribution in [0, 0.1) is 0 Å². The van der Waals surface area contributed by atoms with Crippen molar-refractivity contribution in [3.05, 3.63) is 64.7 Å². The molecule has 0 spiro atoms. The predicted octanol–water partition coefficient (Wildman–Crippen LogP) is 5.05. The monoisotopic (exact) mass is 460 g/mol. The van der Waals surface area contributed by atoms with Crippen LogP contribution in [0.2, 0.25) is 0 Å². The van der Waals surface area contributed by atoms with E-state index in [9.17, 15) is 19.8 Å². The first-order valence-corrected chi connectivity index (χ1v) is 11.4. The van der Waals surface area contributed by atoms with E-state index in [1.807, 2.05) is 0 Å². The topological polar surface area (TPSA) is 136 Å². The quantitative estimate of drug-likeness (QED) is 0.164. The van der Waals surface area contributed by atoms with Crippen LogP contribution < -0.4 is 16.2 Å². The number of carbonyl (C=O) groups excluding carboxylic acids is 2. The number of benzene rings is 3. The van der Waals surface area contributed by atoms with Gasteiger partial charge in [-0.05, 0) is 42.3 Å². The molecule has 0 fully saturated rings. The van der Waals surface area contributed by atoms with Crippen molar-refractivity contribution in [3.8, 4) is 28.4 Å². The Morgan fingerprint density at radius 3 is 2.12 bits per heavy atom. The lowest BCUT2D eigenvalue weighted by molar-refractivity contribution is 0.0975. The molecular weight excluding hydrogens is 432 g/mol. The van der Waals surface area contributed by atoms with E-state index in [1.165, 1.54) is 37.5 Å². The first-order chi connectivity index (χ1) is 16.3. The van der Waals surface area contributed by atoms with Gasteiger partial charge in [-0.15, -0.1) is 0 Å². The second kappa shape index (κ2) is 9.47. The maximum absolute atomic E-state index is 13.3. The first kappa shape index (κ1) is 23.2. The molecule has 0 aliphatic heterocycles. The number of phenols is 2. The fourth-order valence-corrected chi connectivity index (χ4v) is 4.35. The van der Waals surface area contributed by atoms with Gasteiger partial charge in [-0.1, -0.05) is 44.7 Å². The zero-order valence-electron chi connectivity index (χ0n) is 19.1. The molecular formula is C27H28N2O5. The number of nitrogen functional groups attached to an aromatic ring is 2. The summed E-state index contributed by atoms with van der Waals surface area (Å²) in [7, 11) is 0. The molecule has 0 unspecified atom stereocenters. The number of hydrogen-bond donors (Lipinski definition) is 4. The van der Waals surface area contributed by atoms with Gasteiger partial charge in [0, 0.05) is 11.3 Å². The number of hydrogen-bond acceptors (Lipinski definition) is 7. The molecule has 34 heavy (non-hydrogen) atoms. The third-order valence-electron chi connectivity index (χ3n) is 6.15. The van der Waals surface area contributed by atoms with Gasteiger partial charge in [-0.3, -0.25) is 9.59 Å². The van der Waals surface area contributed by atoms with Crippen molar-refractivity contribution < 1.29 is 24.5 Å². The molecule has 3 aromatic carbocycles. The summed E-state index contributed by atoms with van der Waals surface area (Å²) in [6, 6.07) is 11.1. The molecule has 0 radical (unpaired) electrons. The number of unbranched alkanes of at least 4 members (excludes halogenated alkanes) is 4. The Morgan fingerprint density at radius 2 is 1.41 bits per heavy atom. The molecule has 0 amide bonds. The molecule has 0 aromatic heterocycles. The third kappa shape index (κ3) is 4.05. The minimum Gasteiger partial charge on any atom is -0.507 e. The highest BCUT2D eigenvalue weighted by Gasteiger charge is 2.38. The normalized spacial score (nSPS) is 12.4. The van der Waals surface area contributed by atoms with Gasteiger partial charge in [0.15, 0.2) is 0 Å². The van der Waals surface area contributed by atoms with Crippen molar-refractivity contribution in [2.75, 3.05) is 18.1 Å². The highest BCUT2D eigenvalue weighted by molar-refractivity contribution is 6.33. The van der Waals surface area contributed by atoms with Gasteiger partial charge in [0.2, 0.25) is 11.6 Å². The number of carbonyl (C=O) groups is 2. The van der Waals surface area contributed by atoms with Gasteiger partial charge in [-0.25, -0.2) is 0 Å². The summed E-state index contributed by atoms with van der Waals surface area (Å²) < 4.78 is 5.80. The van der Waals surface area contributed by atoms with Crippen LogP contribution in [0.1, 0.15) is 70.9 Å². The molecule has 7 nitrogen and oxygen atoms in total. The molecule has 0 saturated carbocycles. The lowest BCUT2D eigenvalue weighted by atomic mass is 9.80. The second-order valence-electron chi connectivity index (χ2n) is 8.48. The van der Waals surface area contributed by atoms with Gasteiger partial charge < -0.3 is 26.4 Å². The van der Waals surface area contributed by atoms with Gasteiger partial charge in [0.25, 0.3) is 0 Å². The number of fused-ring (bicyclic) bond motifs is 2. The Bertz CT molecular complexity index is 1270. The summed E-state index contributed by atoms with van der Waals surface area (Å²) >= 11 is 0. The molecule has 1 aliphatic carbocycles. The van der Waals surface area contributed by atoms with Gasteiger partial charge in [-0.2, -0.15) is 0 Å². The number of phenolic OH excluding ortho intramolecular Hbond substituents is 2. The standard InChI is InChI=1S/C27H28N2O5/c1-2-3-4-5-6-13-34-16-9-7-15(8-10-16)17-14-20(31)23-24(25(17)29)27(33)22-19(30)12-11-18(28)21(22)26(23)32/h7-12,14,30-31H,2-6,13,28-29H2,1H3. The van der Waals surface area contributed by atoms with Crippen molar-refractivity contribution in [3.63, 3.8) is 0 Å². The first-order valence-electron chi connectivity index (χ1n) is 11.4. The molecule has 0 atom stereocenters. The smallest absolute Gasteiger partial charge is 0.200 e. The maximum atomic E-state index is 13.3. The van der Waals surface area contributed by atoms with Crippen LogP contribution in [-0.2, 0) is 0 Å². The van der Waals surface area contributed by atoms with Crippen LogP contribution in [-0.4, -0.2) is 28.4 Å². The summed E-state index contributed by atoms with van der Waals surface area (Å²) in [5.74, 6) is -1.35. The number of ether oxygens (including phenoxy) is 1. The average molecular weight is 461 g/mol. The van der Waals surface area contributed by atoms with Gasteiger partial charge in [0.05, 0.1) is 34.5 Å². The van der Waals surface area contributed by atoms with E-state index in [0.717, 1.165) is 12.8 Å². The summed E-state index contributed by atoms with van der Waals surface area (Å²) in [5, 5.41) is 21.0. The van der Waals surface area contributed by atoms with E-state index in [2.05, 4.69) is 6.92 Å². The SMILES string of the molecule is CCCCCCCOc1ccc(-c2cc(O)c3c(c2N)C(=O)c2c(O)ccc(N)c2C3=O)cc1. The number of aromatic hydroxyl groups is 2. The van der Waals surface area contributed by atoms with Crippen LogP contribution in [0.3, 0.4) is 0 Å². The fourth-order valence-electron chi connectivity index (χ4n) is 4.35. The van der Waals surface area contributed by atoms with E-state index < -0.39 is 11.6 Å². The highest BCUT2D eigenvalue weighted by Crippen LogP contribution is 2.44. The van der Waals surface area contributed by atoms with E-state index in [0.29, 0.717) is 23.5 Å². The Hall–Kier alpha value is -4.00. The van der Waals surface area contributed by atoms with Crippen LogP contribution in [0.15, 0.2) is 42.5 Å². The van der Waals surface area contributed by atoms with E-state index in [-0.39, 0.29) is 45.1 Å². The summed E-state index contributed by atoms with van der Waals surface area (Å²) in [6.07, 6.45) is 5.76. The number of ketones is 2. The molecule has 6 N–H and O–H groups in total. The lowest BCUT2D eigenvalue weighted by Gasteiger charge is -2.23. The number of rotatable bonds is 8. The number of anilines is 2. The molecule has 4 rings (SSSR count). The van der Waals surface area contributed by atoms with Gasteiger partial charge in [0.1, 0.15) is 17.2 Å². The van der Waals surface area contributed by atoms with Crippen LogP contribution in [0.25, 0.3) is 11.1 Å². The molecule has 1 aliphatic rings. The predicted molar refractivity (Wildman–Crippen MR) is 132 cm³/mol. The van der Waals surface area contributed by atoms with Crippen molar-refractivity contribution in [2.24, 2.45) is 0 Å². The van der Waals surface area contributed by atoms with Crippen molar-refractivity contribution >= 4 is 22.9 Å². The van der Waals surface area contributed by atoms with E-state index in [1.54, 1.807) is 24.3 Å². The fraction of sp³-hybridized carbons (Fsp3) is 0.259. The number of nitrogens with two attached hydrogens (primary N) is 2. The zero-order chi connectivity index (χ0) is 24.4. The Labute approximate surface area is 198 Å². The Kier molecular flexibility index (Phi) is 6.45. The van der Waals surface area contributed by atoms with Crippen LogP contribution in [0.4, 0.5) is 11.4 Å². The van der Waals surface area contributed by atoms with E-state index >= 15 is 0 Å². The molecule has 3 aromatic rings. The summed E-state index contributed by atoms with van der Waals surface area (Å²) in [6.45, 7) is 2.81.